The van der Waals surface area contributed by atoms with E-state index in [4.69, 9.17) is 9.26 Å². The van der Waals surface area contributed by atoms with Crippen molar-refractivity contribution in [3.05, 3.63) is 107 Å². The van der Waals surface area contributed by atoms with Crippen LogP contribution in [0.4, 0.5) is 4.39 Å². The van der Waals surface area contributed by atoms with Crippen molar-refractivity contribution in [3.63, 3.8) is 0 Å². The Balaban J connectivity index is 1.36. The van der Waals surface area contributed by atoms with Gasteiger partial charge in [0.1, 0.15) is 18.2 Å². The molecule has 2 heterocycles. The van der Waals surface area contributed by atoms with Gasteiger partial charge in [-0.05, 0) is 66.4 Å². The van der Waals surface area contributed by atoms with E-state index in [0.29, 0.717) is 18.3 Å². The van der Waals surface area contributed by atoms with E-state index < -0.39 is 0 Å². The molecule has 0 spiro atoms. The summed E-state index contributed by atoms with van der Waals surface area (Å²) in [6.07, 6.45) is 3.26. The van der Waals surface area contributed by atoms with Crippen LogP contribution in [-0.2, 0) is 12.0 Å². The zero-order chi connectivity index (χ0) is 23.8. The van der Waals surface area contributed by atoms with E-state index in [1.54, 1.807) is 13.0 Å². The Labute approximate surface area is 202 Å². The van der Waals surface area contributed by atoms with Crippen LogP contribution in [-0.4, -0.2) is 15.1 Å². The third-order valence-corrected chi connectivity index (χ3v) is 6.90. The molecule has 3 aromatic carbocycles. The first-order valence-corrected chi connectivity index (χ1v) is 11.8. The van der Waals surface area contributed by atoms with Crippen LogP contribution in [0.5, 0.6) is 5.75 Å². The van der Waals surface area contributed by atoms with Gasteiger partial charge in [0.2, 0.25) is 11.7 Å². The Bertz CT molecular complexity index is 1510. The van der Waals surface area contributed by atoms with Gasteiger partial charge in [0.15, 0.2) is 0 Å². The highest BCUT2D eigenvalue weighted by atomic mass is 19.1. The number of hydrogen-bond acceptors (Lipinski definition) is 5. The molecule has 0 radical (unpaired) electrons. The van der Waals surface area contributed by atoms with Crippen LogP contribution in [0.1, 0.15) is 42.0 Å². The van der Waals surface area contributed by atoms with Crippen LogP contribution in [0.15, 0.2) is 83.4 Å². The van der Waals surface area contributed by atoms with Crippen molar-refractivity contribution < 1.29 is 13.7 Å². The first-order valence-electron chi connectivity index (χ1n) is 11.8. The minimum Gasteiger partial charge on any atom is -0.487 e. The van der Waals surface area contributed by atoms with Crippen molar-refractivity contribution in [1.29, 1.82) is 0 Å². The Kier molecular flexibility index (Phi) is 5.29. The third kappa shape index (κ3) is 3.95. The van der Waals surface area contributed by atoms with Gasteiger partial charge in [-0.25, -0.2) is 9.37 Å². The van der Waals surface area contributed by atoms with Crippen LogP contribution in [0, 0.1) is 12.7 Å². The molecule has 0 amide bonds. The second-order valence-electron chi connectivity index (χ2n) is 9.07. The highest BCUT2D eigenvalue weighted by molar-refractivity contribution is 5.78. The second-order valence-corrected chi connectivity index (χ2v) is 9.07. The van der Waals surface area contributed by atoms with Crippen LogP contribution in [0.2, 0.25) is 0 Å². The molecule has 6 heteroatoms. The number of ether oxygens (including phenoxy) is 1. The number of pyridine rings is 1. The maximum absolute atomic E-state index is 13.5. The molecule has 35 heavy (non-hydrogen) atoms. The fourth-order valence-corrected chi connectivity index (χ4v) is 4.99. The Morgan fingerprint density at radius 1 is 0.943 bits per heavy atom. The SMILES string of the molecule is Cc1nc(-c2ccc(OCc3ccc4cc(F)ccc4n3)cc2C2(c3ccccc3)CCC2)no1. The Morgan fingerprint density at radius 2 is 1.80 bits per heavy atom. The highest BCUT2D eigenvalue weighted by Gasteiger charge is 2.42. The second kappa shape index (κ2) is 8.62. The molecule has 0 bridgehead atoms. The molecule has 1 fully saturated rings. The minimum atomic E-state index is -0.268. The van der Waals surface area contributed by atoms with Crippen molar-refractivity contribution in [2.45, 2.75) is 38.2 Å². The molecule has 0 saturated heterocycles. The maximum Gasteiger partial charge on any atom is 0.223 e. The normalized spacial score (nSPS) is 14.6. The predicted octanol–water partition coefficient (Wildman–Crippen LogP) is 6.78. The van der Waals surface area contributed by atoms with Gasteiger partial charge in [0.05, 0.1) is 11.2 Å². The zero-order valence-corrected chi connectivity index (χ0v) is 19.4. The van der Waals surface area contributed by atoms with Crippen molar-refractivity contribution in [3.8, 4) is 17.1 Å². The summed E-state index contributed by atoms with van der Waals surface area (Å²) in [5.74, 6) is 1.62. The summed E-state index contributed by atoms with van der Waals surface area (Å²) in [6, 6.07) is 25.0. The van der Waals surface area contributed by atoms with Gasteiger partial charge in [-0.1, -0.05) is 48.0 Å². The molecule has 1 aliphatic carbocycles. The molecule has 5 nitrogen and oxygen atoms in total. The summed E-state index contributed by atoms with van der Waals surface area (Å²) >= 11 is 0. The Hall–Kier alpha value is -4.06. The number of hydrogen-bond donors (Lipinski definition) is 0. The predicted molar refractivity (Wildman–Crippen MR) is 132 cm³/mol. The third-order valence-electron chi connectivity index (χ3n) is 6.90. The molecule has 1 saturated carbocycles. The smallest absolute Gasteiger partial charge is 0.223 e. The number of aryl methyl sites for hydroxylation is 1. The van der Waals surface area contributed by atoms with E-state index in [-0.39, 0.29) is 11.2 Å². The van der Waals surface area contributed by atoms with Gasteiger partial charge in [-0.2, -0.15) is 4.98 Å². The largest absolute Gasteiger partial charge is 0.487 e. The molecule has 0 N–H and O–H groups in total. The molecular formula is C29H24FN3O2. The van der Waals surface area contributed by atoms with Gasteiger partial charge in [-0.15, -0.1) is 0 Å². The number of aromatic nitrogens is 3. The molecule has 6 rings (SSSR count). The lowest BCUT2D eigenvalue weighted by Crippen LogP contribution is -2.36. The lowest BCUT2D eigenvalue weighted by atomic mass is 9.59. The van der Waals surface area contributed by atoms with Gasteiger partial charge in [0, 0.05) is 23.3 Å². The molecule has 0 unspecified atom stereocenters. The van der Waals surface area contributed by atoms with Crippen molar-refractivity contribution >= 4 is 10.9 Å². The molecule has 0 aliphatic heterocycles. The van der Waals surface area contributed by atoms with Crippen molar-refractivity contribution in [2.75, 3.05) is 0 Å². The molecule has 174 valence electrons. The summed E-state index contributed by atoms with van der Waals surface area (Å²) in [6.45, 7) is 2.11. The number of halogens is 1. The molecular weight excluding hydrogens is 441 g/mol. The fraction of sp³-hybridized carbons (Fsp3) is 0.207. The summed E-state index contributed by atoms with van der Waals surface area (Å²) in [5, 5.41) is 4.98. The lowest BCUT2D eigenvalue weighted by molar-refractivity contribution is 0.289. The van der Waals surface area contributed by atoms with Crippen molar-refractivity contribution in [1.82, 2.24) is 15.1 Å². The van der Waals surface area contributed by atoms with Gasteiger partial charge in [-0.3, -0.25) is 0 Å². The Morgan fingerprint density at radius 3 is 2.54 bits per heavy atom. The standard InChI is InChI=1S/C29H24FN3O2/c1-19-31-28(33-35-19)25-12-11-24(17-26(25)29(14-5-15-29)21-6-3-2-4-7-21)34-18-23-10-8-20-16-22(30)9-13-27(20)32-23/h2-4,6-13,16-17H,5,14-15,18H2,1H3. The van der Waals surface area contributed by atoms with E-state index in [0.717, 1.165) is 52.7 Å². The quantitative estimate of drug-likeness (QED) is 0.277. The summed E-state index contributed by atoms with van der Waals surface area (Å²) in [7, 11) is 0. The number of fused-ring (bicyclic) bond motifs is 1. The van der Waals surface area contributed by atoms with Gasteiger partial charge in [0.25, 0.3) is 0 Å². The van der Waals surface area contributed by atoms with Crippen LogP contribution >= 0.6 is 0 Å². The minimum absolute atomic E-state index is 0.115. The van der Waals surface area contributed by atoms with Gasteiger partial charge < -0.3 is 9.26 Å². The first-order chi connectivity index (χ1) is 17.1. The van der Waals surface area contributed by atoms with E-state index in [9.17, 15) is 4.39 Å². The fourth-order valence-electron chi connectivity index (χ4n) is 4.99. The first kappa shape index (κ1) is 21.5. The average Bonchev–Trinajstić information content (AvgIpc) is 3.29. The lowest BCUT2D eigenvalue weighted by Gasteiger charge is -2.44. The topological polar surface area (TPSA) is 61.0 Å². The van der Waals surface area contributed by atoms with Crippen LogP contribution in [0.25, 0.3) is 22.3 Å². The number of nitrogens with zero attached hydrogens (tertiary/aromatic N) is 3. The van der Waals surface area contributed by atoms with E-state index >= 15 is 0 Å². The van der Waals surface area contributed by atoms with Crippen molar-refractivity contribution in [2.24, 2.45) is 0 Å². The molecule has 1 aliphatic rings. The average molecular weight is 466 g/mol. The number of rotatable bonds is 6. The van der Waals surface area contributed by atoms with Crippen LogP contribution < -0.4 is 4.74 Å². The molecule has 2 aromatic heterocycles. The van der Waals surface area contributed by atoms with E-state index in [1.807, 2.05) is 30.3 Å². The van der Waals surface area contributed by atoms with E-state index in [2.05, 4.69) is 45.5 Å². The van der Waals surface area contributed by atoms with E-state index in [1.165, 1.54) is 17.7 Å². The van der Waals surface area contributed by atoms with Crippen LogP contribution in [0.3, 0.4) is 0 Å². The summed E-state index contributed by atoms with van der Waals surface area (Å²) < 4.78 is 25.0. The molecule has 0 atom stereocenters. The number of benzene rings is 3. The highest BCUT2D eigenvalue weighted by Crippen LogP contribution is 2.52. The maximum atomic E-state index is 13.5. The summed E-state index contributed by atoms with van der Waals surface area (Å²) in [4.78, 5) is 9.13. The monoisotopic (exact) mass is 465 g/mol. The van der Waals surface area contributed by atoms with Gasteiger partial charge >= 0.3 is 0 Å². The molecule has 5 aromatic rings. The zero-order valence-electron chi connectivity index (χ0n) is 19.4. The summed E-state index contributed by atoms with van der Waals surface area (Å²) in [5.41, 5.74) is 4.81.